The number of benzene rings is 1. The fourth-order valence-electron chi connectivity index (χ4n) is 2.70. The van der Waals surface area contributed by atoms with Crippen LogP contribution in [0.1, 0.15) is 13.8 Å². The molecule has 1 aromatic carbocycles. The van der Waals surface area contributed by atoms with E-state index in [9.17, 15) is 4.79 Å². The lowest BCUT2D eigenvalue weighted by molar-refractivity contribution is -0.134. The van der Waals surface area contributed by atoms with E-state index in [1.165, 1.54) is 0 Å². The summed E-state index contributed by atoms with van der Waals surface area (Å²) in [6.07, 6.45) is 0. The summed E-state index contributed by atoms with van der Waals surface area (Å²) >= 11 is 6.38. The monoisotopic (exact) mass is 375 g/mol. The normalized spacial score (nSPS) is 15.0. The number of nitriles is 1. The van der Waals surface area contributed by atoms with E-state index in [-0.39, 0.29) is 17.5 Å². The lowest BCUT2D eigenvalue weighted by Gasteiger charge is -2.37. The summed E-state index contributed by atoms with van der Waals surface area (Å²) in [5.74, 6) is -0.291. The van der Waals surface area contributed by atoms with Crippen LogP contribution in [0.5, 0.6) is 0 Å². The Labute approximate surface area is 157 Å². The largest absolute Gasteiger partial charge is 0.382 e. The number of hydrazone groups is 1. The van der Waals surface area contributed by atoms with E-state index in [1.807, 2.05) is 18.7 Å². The zero-order chi connectivity index (χ0) is 19.3. The number of anilines is 2. The van der Waals surface area contributed by atoms with Crippen LogP contribution in [-0.2, 0) is 4.79 Å². The van der Waals surface area contributed by atoms with Gasteiger partial charge in [0.25, 0.3) is 0 Å². The molecule has 9 heteroatoms. The van der Waals surface area contributed by atoms with Gasteiger partial charge < -0.3 is 15.5 Å². The summed E-state index contributed by atoms with van der Waals surface area (Å²) in [6.45, 7) is 6.29. The van der Waals surface area contributed by atoms with Crippen LogP contribution in [0.2, 0.25) is 5.02 Å². The van der Waals surface area contributed by atoms with Gasteiger partial charge in [-0.1, -0.05) is 31.5 Å². The number of hydrogen-bond donors (Lipinski definition) is 3. The van der Waals surface area contributed by atoms with Gasteiger partial charge in [0.2, 0.25) is 11.6 Å². The molecule has 0 radical (unpaired) electrons. The predicted octanol–water partition coefficient (Wildman–Crippen LogP) is 1.87. The Balaban J connectivity index is 2.19. The number of nitrogens with one attached hydrogen (secondary N) is 2. The Bertz CT molecular complexity index is 761. The molecule has 1 aliphatic rings. The topological polar surface area (TPSA) is 122 Å². The van der Waals surface area contributed by atoms with Crippen molar-refractivity contribution in [3.8, 4) is 6.07 Å². The van der Waals surface area contributed by atoms with E-state index in [4.69, 9.17) is 28.0 Å². The lowest BCUT2D eigenvalue weighted by Crippen LogP contribution is -2.50. The van der Waals surface area contributed by atoms with Crippen LogP contribution in [0.25, 0.3) is 0 Å². The van der Waals surface area contributed by atoms with E-state index in [0.29, 0.717) is 36.9 Å². The number of piperazine rings is 1. The van der Waals surface area contributed by atoms with E-state index in [0.717, 1.165) is 5.69 Å². The van der Waals surface area contributed by atoms with Gasteiger partial charge >= 0.3 is 0 Å². The first-order valence-electron chi connectivity index (χ1n) is 8.25. The summed E-state index contributed by atoms with van der Waals surface area (Å²) in [5, 5.41) is 20.7. The SMILES string of the molecule is CC(C)C(=O)N1CCN(c2c(Cl)cccc2N/N=C(\C#N)C(=N)N)CC1. The molecule has 1 aromatic rings. The number of amidine groups is 1. The number of carbonyl (C=O) groups is 1. The molecule has 4 N–H and O–H groups in total. The Morgan fingerprint density at radius 3 is 2.58 bits per heavy atom. The van der Waals surface area contributed by atoms with Crippen molar-refractivity contribution in [1.82, 2.24) is 4.90 Å². The standard InChI is InChI=1S/C17H22ClN7O/c1-11(2)17(26)25-8-6-24(7-9-25)15-12(18)4-3-5-13(15)22-23-14(10-19)16(20)21/h3-5,11,22H,6-9H2,1-2H3,(H3,20,21)/b23-14+. The van der Waals surface area contributed by atoms with Gasteiger partial charge in [0.1, 0.15) is 6.07 Å². The second kappa shape index (κ2) is 8.54. The van der Waals surface area contributed by atoms with Crippen molar-refractivity contribution >= 4 is 40.4 Å². The van der Waals surface area contributed by atoms with Gasteiger partial charge in [-0.15, -0.1) is 0 Å². The van der Waals surface area contributed by atoms with E-state index in [2.05, 4.69) is 15.4 Å². The maximum absolute atomic E-state index is 12.1. The van der Waals surface area contributed by atoms with E-state index >= 15 is 0 Å². The molecular weight excluding hydrogens is 354 g/mol. The van der Waals surface area contributed by atoms with Gasteiger partial charge in [-0.3, -0.25) is 15.6 Å². The molecule has 0 bridgehead atoms. The quantitative estimate of drug-likeness (QED) is 0.412. The Kier molecular flexibility index (Phi) is 6.41. The van der Waals surface area contributed by atoms with Crippen LogP contribution in [-0.4, -0.2) is 48.5 Å². The fourth-order valence-corrected chi connectivity index (χ4v) is 3.00. The molecule has 0 aliphatic carbocycles. The zero-order valence-corrected chi connectivity index (χ0v) is 15.5. The molecule has 0 saturated carbocycles. The summed E-state index contributed by atoms with van der Waals surface area (Å²) in [7, 11) is 0. The Morgan fingerprint density at radius 2 is 2.04 bits per heavy atom. The van der Waals surface area contributed by atoms with Gasteiger partial charge in [-0.2, -0.15) is 10.4 Å². The van der Waals surface area contributed by atoms with Gasteiger partial charge in [0.15, 0.2) is 5.84 Å². The zero-order valence-electron chi connectivity index (χ0n) is 14.8. The van der Waals surface area contributed by atoms with Crippen LogP contribution in [0.15, 0.2) is 23.3 Å². The molecule has 0 spiro atoms. The highest BCUT2D eigenvalue weighted by molar-refractivity contribution is 6.45. The van der Waals surface area contributed by atoms with Crippen LogP contribution in [0.4, 0.5) is 11.4 Å². The molecule has 1 amide bonds. The summed E-state index contributed by atoms with van der Waals surface area (Å²) in [5.41, 5.74) is 9.23. The van der Waals surface area contributed by atoms with Crippen LogP contribution in [0, 0.1) is 22.7 Å². The molecule has 138 valence electrons. The van der Waals surface area contributed by atoms with Crippen LogP contribution in [0.3, 0.4) is 0 Å². The predicted molar refractivity (Wildman–Crippen MR) is 104 cm³/mol. The van der Waals surface area contributed by atoms with E-state index in [1.54, 1.807) is 24.3 Å². The minimum Gasteiger partial charge on any atom is -0.382 e. The molecule has 1 saturated heterocycles. The van der Waals surface area contributed by atoms with Gasteiger partial charge in [0, 0.05) is 32.1 Å². The molecular formula is C17H22ClN7O. The Hall–Kier alpha value is -2.79. The molecule has 0 atom stereocenters. The molecule has 1 fully saturated rings. The maximum atomic E-state index is 12.1. The molecule has 1 aliphatic heterocycles. The summed E-state index contributed by atoms with van der Waals surface area (Å²) < 4.78 is 0. The fraction of sp³-hybridized carbons (Fsp3) is 0.412. The number of halogens is 1. The Morgan fingerprint density at radius 1 is 1.38 bits per heavy atom. The number of nitrogens with two attached hydrogens (primary N) is 1. The number of nitrogens with zero attached hydrogens (tertiary/aromatic N) is 4. The molecule has 2 rings (SSSR count). The van der Waals surface area contributed by atoms with Gasteiger partial charge in [0.05, 0.1) is 16.4 Å². The first kappa shape index (κ1) is 19.5. The van der Waals surface area contributed by atoms with Crippen LogP contribution >= 0.6 is 11.6 Å². The van der Waals surface area contributed by atoms with Crippen molar-refractivity contribution in [3.05, 3.63) is 23.2 Å². The van der Waals surface area contributed by atoms with Crippen LogP contribution < -0.4 is 16.1 Å². The third-order valence-corrected chi connectivity index (χ3v) is 4.34. The third-order valence-electron chi connectivity index (χ3n) is 4.04. The molecule has 0 aromatic heterocycles. The number of rotatable bonds is 5. The van der Waals surface area contributed by atoms with Crippen molar-refractivity contribution in [3.63, 3.8) is 0 Å². The van der Waals surface area contributed by atoms with Crippen molar-refractivity contribution in [2.75, 3.05) is 36.5 Å². The lowest BCUT2D eigenvalue weighted by atomic mass is 10.1. The summed E-state index contributed by atoms with van der Waals surface area (Å²) in [6, 6.07) is 7.08. The third kappa shape index (κ3) is 4.43. The highest BCUT2D eigenvalue weighted by Gasteiger charge is 2.25. The smallest absolute Gasteiger partial charge is 0.225 e. The molecule has 1 heterocycles. The minimum atomic E-state index is -0.413. The highest BCUT2D eigenvalue weighted by atomic mass is 35.5. The van der Waals surface area contributed by atoms with Crippen molar-refractivity contribution < 1.29 is 4.79 Å². The first-order chi connectivity index (χ1) is 12.3. The van der Waals surface area contributed by atoms with Crippen molar-refractivity contribution in [1.29, 1.82) is 10.7 Å². The number of para-hydroxylation sites is 1. The minimum absolute atomic E-state index is 0.0237. The van der Waals surface area contributed by atoms with Gasteiger partial charge in [-0.05, 0) is 12.1 Å². The average molecular weight is 376 g/mol. The molecule has 0 unspecified atom stereocenters. The number of amides is 1. The molecule has 8 nitrogen and oxygen atoms in total. The number of carbonyl (C=O) groups excluding carboxylic acids is 1. The van der Waals surface area contributed by atoms with Crippen molar-refractivity contribution in [2.45, 2.75) is 13.8 Å². The van der Waals surface area contributed by atoms with Crippen molar-refractivity contribution in [2.24, 2.45) is 16.8 Å². The molecule has 26 heavy (non-hydrogen) atoms. The highest BCUT2D eigenvalue weighted by Crippen LogP contribution is 2.34. The first-order valence-corrected chi connectivity index (χ1v) is 8.63. The second-order valence-corrected chi connectivity index (χ2v) is 6.61. The second-order valence-electron chi connectivity index (χ2n) is 6.20. The maximum Gasteiger partial charge on any atom is 0.225 e. The van der Waals surface area contributed by atoms with Gasteiger partial charge in [-0.25, -0.2) is 0 Å². The average Bonchev–Trinajstić information content (AvgIpc) is 2.61. The number of hydrogen-bond acceptors (Lipinski definition) is 6. The van der Waals surface area contributed by atoms with E-state index < -0.39 is 5.84 Å². The summed E-state index contributed by atoms with van der Waals surface area (Å²) in [4.78, 5) is 16.1.